The second-order valence-corrected chi connectivity index (χ2v) is 3.46. The molecule has 17 heavy (non-hydrogen) atoms. The van der Waals surface area contributed by atoms with Crippen LogP contribution in [-0.4, -0.2) is 24.6 Å². The Hall–Kier alpha value is -2.44. The van der Waals surface area contributed by atoms with Crippen LogP contribution in [0.1, 0.15) is 5.69 Å². The molecule has 0 saturated carbocycles. The highest BCUT2D eigenvalue weighted by atomic mass is 19.1. The number of hydrogen-bond acceptors (Lipinski definition) is 4. The minimum Gasteiger partial charge on any atom is -0.310 e. The van der Waals surface area contributed by atoms with E-state index in [1.54, 1.807) is 35.1 Å². The monoisotopic (exact) mass is 232 g/mol. The highest BCUT2D eigenvalue weighted by molar-refractivity contribution is 5.53. The van der Waals surface area contributed by atoms with Gasteiger partial charge in [0.05, 0.1) is 11.9 Å². The Morgan fingerprint density at radius 3 is 3.12 bits per heavy atom. The van der Waals surface area contributed by atoms with Gasteiger partial charge >= 0.3 is 0 Å². The van der Waals surface area contributed by atoms with Crippen LogP contribution in [0.4, 0.5) is 16.2 Å². The average molecular weight is 232 g/mol. The van der Waals surface area contributed by atoms with Crippen molar-refractivity contribution < 1.29 is 4.39 Å². The third-order valence-corrected chi connectivity index (χ3v) is 2.33. The van der Waals surface area contributed by atoms with Crippen molar-refractivity contribution in [2.45, 2.75) is 6.67 Å². The zero-order valence-corrected chi connectivity index (χ0v) is 8.76. The standard InChI is InChI=1S/C10H9FN6/c11-6-7-5-9-12-3-4-17(9)10(14-7)15-8-1-2-13-16-8/h1-5H,6H2,(H2,13,14,15,16). The van der Waals surface area contributed by atoms with Crippen LogP contribution in [-0.2, 0) is 6.67 Å². The minimum absolute atomic E-state index is 0.339. The number of alkyl halides is 1. The van der Waals surface area contributed by atoms with E-state index >= 15 is 0 Å². The van der Waals surface area contributed by atoms with Crippen molar-refractivity contribution in [2.24, 2.45) is 0 Å². The van der Waals surface area contributed by atoms with Crippen molar-refractivity contribution in [3.63, 3.8) is 0 Å². The van der Waals surface area contributed by atoms with E-state index in [2.05, 4.69) is 25.5 Å². The van der Waals surface area contributed by atoms with E-state index in [1.165, 1.54) is 0 Å². The van der Waals surface area contributed by atoms with E-state index in [-0.39, 0.29) is 0 Å². The predicted molar refractivity (Wildman–Crippen MR) is 59.7 cm³/mol. The Balaban J connectivity index is 2.10. The molecule has 3 heterocycles. The highest BCUT2D eigenvalue weighted by Crippen LogP contribution is 2.15. The fourth-order valence-electron chi connectivity index (χ4n) is 1.57. The summed E-state index contributed by atoms with van der Waals surface area (Å²) in [6.07, 6.45) is 5.01. The smallest absolute Gasteiger partial charge is 0.214 e. The summed E-state index contributed by atoms with van der Waals surface area (Å²) in [6, 6.07) is 3.37. The Kier molecular flexibility index (Phi) is 2.21. The molecule has 0 atom stereocenters. The molecule has 0 aliphatic heterocycles. The van der Waals surface area contributed by atoms with Gasteiger partial charge < -0.3 is 5.32 Å². The van der Waals surface area contributed by atoms with Crippen LogP contribution in [0.3, 0.4) is 0 Å². The Morgan fingerprint density at radius 2 is 2.35 bits per heavy atom. The SMILES string of the molecule is FCc1cc2nccn2c(Nc2ccn[nH]2)n1. The second kappa shape index (κ2) is 3.85. The maximum Gasteiger partial charge on any atom is 0.214 e. The molecular weight excluding hydrogens is 223 g/mol. The molecule has 3 aromatic rings. The van der Waals surface area contributed by atoms with E-state index in [0.29, 0.717) is 23.1 Å². The summed E-state index contributed by atoms with van der Waals surface area (Å²) < 4.78 is 14.4. The lowest BCUT2D eigenvalue weighted by Crippen LogP contribution is -2.03. The quantitative estimate of drug-likeness (QED) is 0.720. The van der Waals surface area contributed by atoms with E-state index in [4.69, 9.17) is 0 Å². The summed E-state index contributed by atoms with van der Waals surface area (Å²) in [6.45, 7) is -0.624. The molecule has 0 aliphatic carbocycles. The van der Waals surface area contributed by atoms with Crippen LogP contribution >= 0.6 is 0 Å². The van der Waals surface area contributed by atoms with Gasteiger partial charge in [0.1, 0.15) is 18.1 Å². The first kappa shape index (κ1) is 9.76. The lowest BCUT2D eigenvalue weighted by atomic mass is 10.4. The number of rotatable bonds is 3. The first-order valence-electron chi connectivity index (χ1n) is 5.02. The number of nitrogens with one attached hydrogen (secondary N) is 2. The summed E-state index contributed by atoms with van der Waals surface area (Å²) in [5.41, 5.74) is 0.986. The first-order chi connectivity index (χ1) is 8.36. The molecule has 86 valence electrons. The van der Waals surface area contributed by atoms with Gasteiger partial charge in [0.15, 0.2) is 0 Å². The van der Waals surface area contributed by atoms with Crippen molar-refractivity contribution in [3.8, 4) is 0 Å². The minimum atomic E-state index is -0.624. The number of H-pyrrole nitrogens is 1. The molecule has 0 saturated heterocycles. The zero-order chi connectivity index (χ0) is 11.7. The van der Waals surface area contributed by atoms with Crippen LogP contribution < -0.4 is 5.32 Å². The highest BCUT2D eigenvalue weighted by Gasteiger charge is 2.07. The first-order valence-corrected chi connectivity index (χ1v) is 5.02. The number of aromatic amines is 1. The predicted octanol–water partition coefficient (Wildman–Crippen LogP) is 1.67. The van der Waals surface area contributed by atoms with E-state index in [0.717, 1.165) is 0 Å². The largest absolute Gasteiger partial charge is 0.310 e. The van der Waals surface area contributed by atoms with E-state index in [9.17, 15) is 4.39 Å². The van der Waals surface area contributed by atoms with Gasteiger partial charge in [-0.25, -0.2) is 14.4 Å². The van der Waals surface area contributed by atoms with Gasteiger partial charge in [-0.1, -0.05) is 0 Å². The summed E-state index contributed by atoms with van der Waals surface area (Å²) in [7, 11) is 0. The van der Waals surface area contributed by atoms with Crippen LogP contribution in [0.15, 0.2) is 30.7 Å². The summed E-state index contributed by atoms with van der Waals surface area (Å²) >= 11 is 0. The van der Waals surface area contributed by atoms with E-state index < -0.39 is 6.67 Å². The molecule has 0 fully saturated rings. The molecule has 0 amide bonds. The third kappa shape index (κ3) is 1.71. The molecule has 0 aliphatic rings. The van der Waals surface area contributed by atoms with Crippen molar-refractivity contribution in [1.29, 1.82) is 0 Å². The van der Waals surface area contributed by atoms with Gasteiger partial charge in [-0.2, -0.15) is 5.10 Å². The molecule has 0 aromatic carbocycles. The summed E-state index contributed by atoms with van der Waals surface area (Å²) in [5.74, 6) is 1.18. The van der Waals surface area contributed by atoms with Crippen LogP contribution in [0.5, 0.6) is 0 Å². The number of nitrogens with zero attached hydrogens (tertiary/aromatic N) is 4. The van der Waals surface area contributed by atoms with Crippen molar-refractivity contribution in [3.05, 3.63) is 36.4 Å². The molecule has 0 spiro atoms. The molecule has 7 heteroatoms. The molecular formula is C10H9FN6. The molecule has 0 radical (unpaired) electrons. The Bertz CT molecular complexity index is 629. The maximum atomic E-state index is 12.7. The number of halogens is 1. The summed E-state index contributed by atoms with van der Waals surface area (Å²) in [4.78, 5) is 8.26. The normalized spacial score (nSPS) is 10.9. The zero-order valence-electron chi connectivity index (χ0n) is 8.76. The van der Waals surface area contributed by atoms with E-state index in [1.807, 2.05) is 0 Å². The van der Waals surface area contributed by atoms with Crippen molar-refractivity contribution >= 4 is 17.4 Å². The van der Waals surface area contributed by atoms with Crippen molar-refractivity contribution in [2.75, 3.05) is 5.32 Å². The van der Waals surface area contributed by atoms with Gasteiger partial charge in [0, 0.05) is 24.5 Å². The molecule has 0 bridgehead atoms. The lowest BCUT2D eigenvalue weighted by Gasteiger charge is -2.07. The molecule has 0 unspecified atom stereocenters. The molecule has 3 rings (SSSR count). The fourth-order valence-corrected chi connectivity index (χ4v) is 1.57. The van der Waals surface area contributed by atoms with Gasteiger partial charge in [-0.05, 0) is 0 Å². The Labute approximate surface area is 95.5 Å². The third-order valence-electron chi connectivity index (χ3n) is 2.33. The Morgan fingerprint density at radius 1 is 1.41 bits per heavy atom. The maximum absolute atomic E-state index is 12.7. The van der Waals surface area contributed by atoms with Crippen LogP contribution in [0.25, 0.3) is 5.65 Å². The van der Waals surface area contributed by atoms with Crippen LogP contribution in [0, 0.1) is 0 Å². The lowest BCUT2D eigenvalue weighted by molar-refractivity contribution is 0.476. The average Bonchev–Trinajstić information content (AvgIpc) is 2.98. The van der Waals surface area contributed by atoms with Gasteiger partial charge in [0.25, 0.3) is 0 Å². The molecule has 3 aromatic heterocycles. The fraction of sp³-hybridized carbons (Fsp3) is 0.100. The second-order valence-electron chi connectivity index (χ2n) is 3.46. The molecule has 6 nitrogen and oxygen atoms in total. The number of hydrogen-bond donors (Lipinski definition) is 2. The molecule has 2 N–H and O–H groups in total. The van der Waals surface area contributed by atoms with Crippen molar-refractivity contribution in [1.82, 2.24) is 24.6 Å². The summed E-state index contributed by atoms with van der Waals surface area (Å²) in [5, 5.41) is 9.58. The topological polar surface area (TPSA) is 70.9 Å². The van der Waals surface area contributed by atoms with Gasteiger partial charge in [0.2, 0.25) is 5.95 Å². The number of aromatic nitrogens is 5. The number of fused-ring (bicyclic) bond motifs is 1. The van der Waals surface area contributed by atoms with Crippen LogP contribution in [0.2, 0.25) is 0 Å². The van der Waals surface area contributed by atoms with Gasteiger partial charge in [-0.3, -0.25) is 9.50 Å². The number of imidazole rings is 1. The number of anilines is 2. The van der Waals surface area contributed by atoms with Gasteiger partial charge in [-0.15, -0.1) is 0 Å².